The monoisotopic (exact) mass is 185 g/mol. The predicted molar refractivity (Wildman–Crippen MR) is 52.7 cm³/mol. The van der Waals surface area contributed by atoms with Crippen molar-refractivity contribution in [2.24, 2.45) is 0 Å². The second kappa shape index (κ2) is 4.74. The minimum absolute atomic E-state index is 0.0360. The first-order valence-corrected chi connectivity index (χ1v) is 4.80. The highest BCUT2D eigenvalue weighted by Crippen LogP contribution is 2.13. The second-order valence-corrected chi connectivity index (χ2v) is 3.68. The van der Waals surface area contributed by atoms with Gasteiger partial charge in [0, 0.05) is 19.1 Å². The van der Waals surface area contributed by atoms with Gasteiger partial charge < -0.3 is 9.84 Å². The van der Waals surface area contributed by atoms with Crippen LogP contribution in [0.2, 0.25) is 0 Å². The SMILES string of the molecule is C=CC(C)N1CC(C)OC(CO)C1. The maximum atomic E-state index is 9.00. The van der Waals surface area contributed by atoms with Crippen LogP contribution in [-0.4, -0.2) is 48.0 Å². The Bertz CT molecular complexity index is 172. The molecule has 3 nitrogen and oxygen atoms in total. The molecule has 0 aliphatic carbocycles. The molecule has 1 N–H and O–H groups in total. The smallest absolute Gasteiger partial charge is 0.0936 e. The maximum Gasteiger partial charge on any atom is 0.0936 e. The highest BCUT2D eigenvalue weighted by molar-refractivity contribution is 4.88. The number of ether oxygens (including phenoxy) is 1. The van der Waals surface area contributed by atoms with Gasteiger partial charge in [0.05, 0.1) is 18.8 Å². The van der Waals surface area contributed by atoms with Crippen LogP contribution in [0.3, 0.4) is 0 Å². The van der Waals surface area contributed by atoms with E-state index in [1.165, 1.54) is 0 Å². The standard InChI is InChI=1S/C10H19NO2/c1-4-8(2)11-5-9(3)13-10(6-11)7-12/h4,8-10,12H,1,5-7H2,2-3H3. The van der Waals surface area contributed by atoms with Crippen molar-refractivity contribution in [2.75, 3.05) is 19.7 Å². The zero-order valence-corrected chi connectivity index (χ0v) is 8.44. The van der Waals surface area contributed by atoms with Crippen molar-refractivity contribution in [1.82, 2.24) is 4.90 Å². The number of morpholine rings is 1. The molecule has 1 saturated heterocycles. The van der Waals surface area contributed by atoms with Gasteiger partial charge in [-0.1, -0.05) is 6.08 Å². The van der Waals surface area contributed by atoms with Crippen LogP contribution in [0.25, 0.3) is 0 Å². The van der Waals surface area contributed by atoms with Crippen LogP contribution in [0.5, 0.6) is 0 Å². The van der Waals surface area contributed by atoms with Gasteiger partial charge in [0.2, 0.25) is 0 Å². The largest absolute Gasteiger partial charge is 0.394 e. The van der Waals surface area contributed by atoms with Gasteiger partial charge in [-0.05, 0) is 13.8 Å². The van der Waals surface area contributed by atoms with Crippen LogP contribution in [0.15, 0.2) is 12.7 Å². The zero-order chi connectivity index (χ0) is 9.84. The van der Waals surface area contributed by atoms with E-state index in [0.29, 0.717) is 6.04 Å². The third-order valence-corrected chi connectivity index (χ3v) is 2.48. The van der Waals surface area contributed by atoms with Crippen molar-refractivity contribution in [2.45, 2.75) is 32.1 Å². The average molecular weight is 185 g/mol. The fourth-order valence-electron chi connectivity index (χ4n) is 1.66. The predicted octanol–water partition coefficient (Wildman–Crippen LogP) is 0.642. The molecule has 0 aromatic heterocycles. The van der Waals surface area contributed by atoms with Crippen molar-refractivity contribution in [3.05, 3.63) is 12.7 Å². The lowest BCUT2D eigenvalue weighted by atomic mass is 10.1. The van der Waals surface area contributed by atoms with Crippen LogP contribution >= 0.6 is 0 Å². The Labute approximate surface area is 80.0 Å². The third kappa shape index (κ3) is 2.79. The lowest BCUT2D eigenvalue weighted by molar-refractivity contribution is -0.0997. The molecule has 0 bridgehead atoms. The zero-order valence-electron chi connectivity index (χ0n) is 8.44. The Morgan fingerprint density at radius 1 is 1.69 bits per heavy atom. The Hall–Kier alpha value is -0.380. The fraction of sp³-hybridized carbons (Fsp3) is 0.800. The summed E-state index contributed by atoms with van der Waals surface area (Å²) in [7, 11) is 0. The summed E-state index contributed by atoms with van der Waals surface area (Å²) in [5, 5.41) is 9.00. The molecule has 76 valence electrons. The summed E-state index contributed by atoms with van der Waals surface area (Å²) < 4.78 is 5.53. The third-order valence-electron chi connectivity index (χ3n) is 2.48. The second-order valence-electron chi connectivity index (χ2n) is 3.68. The van der Waals surface area contributed by atoms with E-state index < -0.39 is 0 Å². The lowest BCUT2D eigenvalue weighted by Crippen LogP contribution is -2.50. The van der Waals surface area contributed by atoms with Crippen LogP contribution in [-0.2, 0) is 4.74 Å². The topological polar surface area (TPSA) is 32.7 Å². The summed E-state index contributed by atoms with van der Waals surface area (Å²) in [4.78, 5) is 2.28. The van der Waals surface area contributed by atoms with E-state index in [4.69, 9.17) is 9.84 Å². The number of rotatable bonds is 3. The molecule has 0 aromatic rings. The first-order valence-electron chi connectivity index (χ1n) is 4.80. The Balaban J connectivity index is 2.51. The molecular weight excluding hydrogens is 166 g/mol. The molecule has 1 aliphatic heterocycles. The quantitative estimate of drug-likeness (QED) is 0.655. The molecule has 0 radical (unpaired) electrons. The Morgan fingerprint density at radius 3 is 2.92 bits per heavy atom. The van der Waals surface area contributed by atoms with Gasteiger partial charge in [0.25, 0.3) is 0 Å². The summed E-state index contributed by atoms with van der Waals surface area (Å²) in [5.41, 5.74) is 0. The molecule has 13 heavy (non-hydrogen) atoms. The van der Waals surface area contributed by atoms with E-state index in [0.717, 1.165) is 13.1 Å². The van der Waals surface area contributed by atoms with Crippen molar-refractivity contribution >= 4 is 0 Å². The van der Waals surface area contributed by atoms with E-state index in [9.17, 15) is 0 Å². The number of aliphatic hydroxyl groups excluding tert-OH is 1. The van der Waals surface area contributed by atoms with Gasteiger partial charge in [-0.25, -0.2) is 0 Å². The molecule has 0 amide bonds. The molecule has 3 atom stereocenters. The van der Waals surface area contributed by atoms with Gasteiger partial charge in [0.1, 0.15) is 0 Å². The normalized spacial score (nSPS) is 32.8. The summed E-state index contributed by atoms with van der Waals surface area (Å²) in [6.07, 6.45) is 2.09. The molecule has 1 fully saturated rings. The fourth-order valence-corrected chi connectivity index (χ4v) is 1.66. The van der Waals surface area contributed by atoms with E-state index in [1.807, 2.05) is 13.0 Å². The molecular formula is C10H19NO2. The first kappa shape index (κ1) is 10.7. The molecule has 3 unspecified atom stereocenters. The lowest BCUT2D eigenvalue weighted by Gasteiger charge is -2.38. The van der Waals surface area contributed by atoms with Crippen LogP contribution < -0.4 is 0 Å². The van der Waals surface area contributed by atoms with E-state index in [2.05, 4.69) is 18.4 Å². The number of nitrogens with zero attached hydrogens (tertiary/aromatic N) is 1. The van der Waals surface area contributed by atoms with Crippen molar-refractivity contribution < 1.29 is 9.84 Å². The maximum absolute atomic E-state index is 9.00. The number of aliphatic hydroxyl groups is 1. The Morgan fingerprint density at radius 2 is 2.38 bits per heavy atom. The van der Waals surface area contributed by atoms with Crippen molar-refractivity contribution in [3.63, 3.8) is 0 Å². The van der Waals surface area contributed by atoms with E-state index in [-0.39, 0.29) is 18.8 Å². The minimum atomic E-state index is -0.0360. The van der Waals surface area contributed by atoms with Crippen molar-refractivity contribution in [3.8, 4) is 0 Å². The first-order chi connectivity index (χ1) is 6.17. The van der Waals surface area contributed by atoms with E-state index in [1.54, 1.807) is 0 Å². The number of hydrogen-bond donors (Lipinski definition) is 1. The minimum Gasteiger partial charge on any atom is -0.394 e. The molecule has 0 aromatic carbocycles. The van der Waals surface area contributed by atoms with Gasteiger partial charge in [-0.15, -0.1) is 6.58 Å². The summed E-state index contributed by atoms with van der Waals surface area (Å²) >= 11 is 0. The molecule has 3 heteroatoms. The molecule has 1 aliphatic rings. The molecule has 0 saturated carbocycles. The Kier molecular flexibility index (Phi) is 3.90. The average Bonchev–Trinajstić information content (AvgIpc) is 2.15. The van der Waals surface area contributed by atoms with Gasteiger partial charge >= 0.3 is 0 Å². The van der Waals surface area contributed by atoms with Gasteiger partial charge in [0.15, 0.2) is 0 Å². The van der Waals surface area contributed by atoms with Gasteiger partial charge in [-0.3, -0.25) is 4.90 Å². The molecule has 1 heterocycles. The van der Waals surface area contributed by atoms with E-state index >= 15 is 0 Å². The van der Waals surface area contributed by atoms with Crippen LogP contribution in [0.4, 0.5) is 0 Å². The number of hydrogen-bond acceptors (Lipinski definition) is 3. The highest BCUT2D eigenvalue weighted by Gasteiger charge is 2.26. The molecule has 0 spiro atoms. The summed E-state index contributed by atoms with van der Waals surface area (Å²) in [6.45, 7) is 9.73. The highest BCUT2D eigenvalue weighted by atomic mass is 16.5. The summed E-state index contributed by atoms with van der Waals surface area (Å²) in [5.74, 6) is 0. The van der Waals surface area contributed by atoms with Crippen molar-refractivity contribution in [1.29, 1.82) is 0 Å². The van der Waals surface area contributed by atoms with Crippen LogP contribution in [0.1, 0.15) is 13.8 Å². The van der Waals surface area contributed by atoms with Crippen LogP contribution in [0, 0.1) is 0 Å². The molecule has 1 rings (SSSR count). The van der Waals surface area contributed by atoms with Gasteiger partial charge in [-0.2, -0.15) is 0 Å². The summed E-state index contributed by atoms with van der Waals surface area (Å²) in [6, 6.07) is 0.361.